The summed E-state index contributed by atoms with van der Waals surface area (Å²) in [6.07, 6.45) is 0. The maximum absolute atomic E-state index is 2.47. The zero-order valence-electron chi connectivity index (χ0n) is 60.2. The predicted octanol–water partition coefficient (Wildman–Crippen LogP) is 29.4. The molecule has 0 saturated carbocycles. The molecule has 4 heteroatoms. The summed E-state index contributed by atoms with van der Waals surface area (Å²) in [6, 6.07) is 156. The van der Waals surface area contributed by atoms with Crippen LogP contribution >= 0.6 is 0 Å². The first-order chi connectivity index (χ1) is 54.6. The SMILES string of the molecule is c1ccc(-c2ccccc2N(c2cccc(-c3c4ccccc4cc4c3c3ccccc3n4-c3ccc(-c4cccc(-c5ccc(-c6ccc(N(c7cccc(-c8c9ccccc9cc9c8c8ccccc8n9-c8ccccc8)c7)c7cccc8ccccc78)cc6)cc5)c4)cc3)c2)c2cccc3ccccc23)cc1. The summed E-state index contributed by atoms with van der Waals surface area (Å²) in [5, 5.41) is 14.5. The number of para-hydroxylation sites is 4. The Morgan fingerprint density at radius 1 is 0.173 bits per heavy atom. The van der Waals surface area contributed by atoms with Gasteiger partial charge in [0, 0.05) is 66.3 Å². The van der Waals surface area contributed by atoms with E-state index in [1.807, 2.05) is 0 Å². The Labute approximate surface area is 638 Å². The highest BCUT2D eigenvalue weighted by atomic mass is 15.2. The fourth-order valence-corrected chi connectivity index (χ4v) is 17.4. The molecular formula is C106H70N4. The van der Waals surface area contributed by atoms with E-state index in [0.717, 1.165) is 101 Å². The lowest BCUT2D eigenvalue weighted by Gasteiger charge is -2.29. The lowest BCUT2D eigenvalue weighted by molar-refractivity contribution is 1.18. The molecule has 514 valence electrons. The fourth-order valence-electron chi connectivity index (χ4n) is 17.4. The summed E-state index contributed by atoms with van der Waals surface area (Å²) in [5.41, 5.74) is 27.5. The number of nitrogens with zero attached hydrogens (tertiary/aromatic N) is 4. The maximum Gasteiger partial charge on any atom is 0.0553 e. The van der Waals surface area contributed by atoms with E-state index in [1.165, 1.54) is 97.9 Å². The molecule has 2 aromatic heterocycles. The van der Waals surface area contributed by atoms with Crippen LogP contribution in [0.2, 0.25) is 0 Å². The molecule has 0 aliphatic carbocycles. The topological polar surface area (TPSA) is 16.3 Å². The molecule has 110 heavy (non-hydrogen) atoms. The van der Waals surface area contributed by atoms with Gasteiger partial charge in [-0.1, -0.05) is 315 Å². The lowest BCUT2D eigenvalue weighted by atomic mass is 9.92. The summed E-state index contributed by atoms with van der Waals surface area (Å²) in [4.78, 5) is 4.90. The van der Waals surface area contributed by atoms with Crippen LogP contribution in [0.1, 0.15) is 0 Å². The molecule has 0 N–H and O–H groups in total. The lowest BCUT2D eigenvalue weighted by Crippen LogP contribution is -2.12. The first-order valence-electron chi connectivity index (χ1n) is 37.9. The van der Waals surface area contributed by atoms with Crippen molar-refractivity contribution in [2.75, 3.05) is 9.80 Å². The van der Waals surface area contributed by atoms with Gasteiger partial charge in [-0.3, -0.25) is 0 Å². The Morgan fingerprint density at radius 3 is 1.07 bits per heavy atom. The molecule has 19 aromatic carbocycles. The molecule has 0 fully saturated rings. The van der Waals surface area contributed by atoms with Gasteiger partial charge in [-0.05, 0) is 203 Å². The highest BCUT2D eigenvalue weighted by Gasteiger charge is 2.26. The van der Waals surface area contributed by atoms with Gasteiger partial charge in [0.25, 0.3) is 0 Å². The van der Waals surface area contributed by atoms with Gasteiger partial charge >= 0.3 is 0 Å². The monoisotopic (exact) mass is 1400 g/mol. The van der Waals surface area contributed by atoms with E-state index in [1.54, 1.807) is 0 Å². The van der Waals surface area contributed by atoms with Gasteiger partial charge in [0.15, 0.2) is 0 Å². The number of aromatic nitrogens is 2. The Kier molecular flexibility index (Phi) is 15.5. The van der Waals surface area contributed by atoms with Crippen molar-refractivity contribution in [3.63, 3.8) is 0 Å². The summed E-state index contributed by atoms with van der Waals surface area (Å²) < 4.78 is 4.90. The molecule has 0 saturated heterocycles. The first kappa shape index (κ1) is 63.9. The van der Waals surface area contributed by atoms with Crippen LogP contribution in [0.15, 0.2) is 425 Å². The van der Waals surface area contributed by atoms with Crippen LogP contribution in [0.5, 0.6) is 0 Å². The summed E-state index contributed by atoms with van der Waals surface area (Å²) >= 11 is 0. The summed E-state index contributed by atoms with van der Waals surface area (Å²) in [6.45, 7) is 0. The standard InChI is InChI=1S/C106H70N4/c1-3-26-75(27-4-1)90-44-15-18-49-97(90)110(98-53-25-33-77-29-8-12-43-91(77)98)88-41-23-37-83(68-88)104-93-46-14-10-31-81(93)70-102-106(104)95-48-17-20-51-100(95)109(102)86-64-60-74(61-65-86)79-35-21-34-78(66-79)73-56-54-71(55-57-73)72-58-62-85(63-59-72)107(96-52-24-32-76-28-7-11-42-89(76)96)87-40-22-36-82(67-87)103-92-45-13-9-30-80(92)69-101-105(103)94-47-16-19-50-99(94)108(101)84-38-5-2-6-39-84/h1-70H. The van der Waals surface area contributed by atoms with Crippen molar-refractivity contribution in [2.45, 2.75) is 0 Å². The summed E-state index contributed by atoms with van der Waals surface area (Å²) in [7, 11) is 0. The first-order valence-corrected chi connectivity index (χ1v) is 37.9. The van der Waals surface area contributed by atoms with Crippen LogP contribution in [0.3, 0.4) is 0 Å². The third kappa shape index (κ3) is 10.9. The zero-order valence-corrected chi connectivity index (χ0v) is 60.2. The number of rotatable bonds is 14. The molecular weight excluding hydrogens is 1330 g/mol. The quantitative estimate of drug-likeness (QED) is 0.108. The molecule has 21 aromatic rings. The van der Waals surface area contributed by atoms with Crippen molar-refractivity contribution in [3.05, 3.63) is 425 Å². The molecule has 0 atom stereocenters. The van der Waals surface area contributed by atoms with Crippen LogP contribution in [-0.4, -0.2) is 9.13 Å². The minimum atomic E-state index is 1.07. The maximum atomic E-state index is 2.47. The average Bonchev–Trinajstić information content (AvgIpc) is 1.55. The van der Waals surface area contributed by atoms with E-state index in [9.17, 15) is 0 Å². The number of anilines is 6. The van der Waals surface area contributed by atoms with E-state index in [0.29, 0.717) is 0 Å². The Bertz CT molecular complexity index is 7120. The fraction of sp³-hybridized carbons (Fsp3) is 0. The number of hydrogen-bond donors (Lipinski definition) is 0. The smallest absolute Gasteiger partial charge is 0.0553 e. The molecule has 0 bridgehead atoms. The second kappa shape index (κ2) is 26.8. The van der Waals surface area contributed by atoms with E-state index < -0.39 is 0 Å². The number of hydrogen-bond acceptors (Lipinski definition) is 2. The van der Waals surface area contributed by atoms with Crippen molar-refractivity contribution < 1.29 is 0 Å². The van der Waals surface area contributed by atoms with Crippen LogP contribution in [0, 0.1) is 0 Å². The highest BCUT2D eigenvalue weighted by molar-refractivity contribution is 6.25. The van der Waals surface area contributed by atoms with Gasteiger partial charge in [-0.25, -0.2) is 0 Å². The second-order valence-electron chi connectivity index (χ2n) is 28.7. The molecule has 0 aliphatic heterocycles. The van der Waals surface area contributed by atoms with Gasteiger partial charge in [-0.2, -0.15) is 0 Å². The zero-order chi connectivity index (χ0) is 72.6. The van der Waals surface area contributed by atoms with Gasteiger partial charge in [0.2, 0.25) is 0 Å². The van der Waals surface area contributed by atoms with E-state index in [4.69, 9.17) is 0 Å². The van der Waals surface area contributed by atoms with Crippen molar-refractivity contribution in [3.8, 4) is 78.1 Å². The molecule has 0 radical (unpaired) electrons. The predicted molar refractivity (Wildman–Crippen MR) is 467 cm³/mol. The molecule has 0 amide bonds. The largest absolute Gasteiger partial charge is 0.310 e. The number of benzene rings is 19. The average molecular weight is 1400 g/mol. The highest BCUT2D eigenvalue weighted by Crippen LogP contribution is 2.50. The van der Waals surface area contributed by atoms with E-state index in [-0.39, 0.29) is 0 Å². The van der Waals surface area contributed by atoms with Crippen molar-refractivity contribution in [1.29, 1.82) is 0 Å². The van der Waals surface area contributed by atoms with E-state index in [2.05, 4.69) is 444 Å². The Morgan fingerprint density at radius 2 is 0.527 bits per heavy atom. The van der Waals surface area contributed by atoms with Crippen LogP contribution in [0.25, 0.3) is 165 Å². The Balaban J connectivity index is 0.604. The van der Waals surface area contributed by atoms with Gasteiger partial charge in [0.1, 0.15) is 0 Å². The third-order valence-electron chi connectivity index (χ3n) is 22.4. The molecule has 2 heterocycles. The van der Waals surface area contributed by atoms with Crippen molar-refractivity contribution in [1.82, 2.24) is 9.13 Å². The van der Waals surface area contributed by atoms with Gasteiger partial charge in [0.05, 0.1) is 39.1 Å². The van der Waals surface area contributed by atoms with Crippen molar-refractivity contribution in [2.24, 2.45) is 0 Å². The van der Waals surface area contributed by atoms with Gasteiger partial charge < -0.3 is 18.9 Å². The van der Waals surface area contributed by atoms with Crippen LogP contribution < -0.4 is 9.80 Å². The Hall–Kier alpha value is -14.6. The minimum Gasteiger partial charge on any atom is -0.310 e. The van der Waals surface area contributed by atoms with Crippen LogP contribution in [-0.2, 0) is 0 Å². The molecule has 4 nitrogen and oxygen atoms in total. The van der Waals surface area contributed by atoms with E-state index >= 15 is 0 Å². The molecule has 0 aliphatic rings. The molecule has 0 spiro atoms. The molecule has 0 unspecified atom stereocenters. The summed E-state index contributed by atoms with van der Waals surface area (Å²) in [5.74, 6) is 0. The third-order valence-corrected chi connectivity index (χ3v) is 22.4. The number of fused-ring (bicyclic) bond motifs is 10. The minimum absolute atomic E-state index is 1.07. The van der Waals surface area contributed by atoms with Crippen molar-refractivity contribution >= 4 is 121 Å². The van der Waals surface area contributed by atoms with Crippen LogP contribution in [0.4, 0.5) is 34.1 Å². The molecule has 21 rings (SSSR count). The second-order valence-corrected chi connectivity index (χ2v) is 28.7. The van der Waals surface area contributed by atoms with Gasteiger partial charge in [-0.15, -0.1) is 0 Å². The normalized spacial score (nSPS) is 11.6.